The maximum Gasteiger partial charge on any atom is 0.229 e. The second-order valence-corrected chi connectivity index (χ2v) is 25.3. The Morgan fingerprint density at radius 2 is 0.959 bits per heavy atom. The van der Waals surface area contributed by atoms with E-state index >= 15 is 0 Å². The number of ether oxygens (including phenoxy) is 3. The van der Waals surface area contributed by atoms with Crippen LogP contribution in [-0.4, -0.2) is 129 Å². The summed E-state index contributed by atoms with van der Waals surface area (Å²) in [5.74, 6) is -13.1. The van der Waals surface area contributed by atoms with Crippen LogP contribution in [0, 0.1) is 0 Å². The van der Waals surface area contributed by atoms with Gasteiger partial charge in [-0.05, 0) is 148 Å². The van der Waals surface area contributed by atoms with Gasteiger partial charge in [-0.2, -0.15) is 0 Å². The summed E-state index contributed by atoms with van der Waals surface area (Å²) in [6.45, 7) is -0.877. The van der Waals surface area contributed by atoms with Crippen LogP contribution in [0.1, 0.15) is 114 Å². The average molecular weight is 1330 g/mol. The molecule has 22 nitrogen and oxygen atoms in total. The van der Waals surface area contributed by atoms with Gasteiger partial charge in [0.05, 0.1) is 24.2 Å². The minimum Gasteiger partial charge on any atom is -0.508 e. The number of phenolic OH excluding ortho intramolecular Hbond substituents is 13. The minimum atomic E-state index is -2.20. The minimum absolute atomic E-state index is 0.0521. The van der Waals surface area contributed by atoms with Gasteiger partial charge in [0.25, 0.3) is 0 Å². The van der Waals surface area contributed by atoms with Gasteiger partial charge < -0.3 is 111 Å². The molecule has 11 aromatic rings. The highest BCUT2D eigenvalue weighted by atomic mass is 16.7. The Bertz CT molecular complexity index is 4920. The number of aromatic hydroxyl groups is 13. The van der Waals surface area contributed by atoms with E-state index in [1.54, 1.807) is 48.5 Å². The number of hydrogen-bond donors (Lipinski definition) is 18. The zero-order valence-corrected chi connectivity index (χ0v) is 51.1. The first-order valence-corrected chi connectivity index (χ1v) is 31.2. The summed E-state index contributed by atoms with van der Waals surface area (Å²) in [5.41, 5.74) is 2.91. The monoisotopic (exact) mass is 1330 g/mol. The summed E-state index contributed by atoms with van der Waals surface area (Å²) in [6.07, 6.45) is -12.9. The fourth-order valence-corrected chi connectivity index (χ4v) is 15.6. The van der Waals surface area contributed by atoms with Gasteiger partial charge >= 0.3 is 0 Å². The molecule has 1 aromatic heterocycles. The van der Waals surface area contributed by atoms with Gasteiger partial charge in [-0.1, -0.05) is 48.5 Å². The molecule has 1 fully saturated rings. The molecule has 2 aliphatic heterocycles. The van der Waals surface area contributed by atoms with Crippen molar-refractivity contribution >= 4 is 11.0 Å². The van der Waals surface area contributed by atoms with Crippen molar-refractivity contribution in [2.45, 2.75) is 78.4 Å². The summed E-state index contributed by atoms with van der Waals surface area (Å²) in [4.78, 5) is 0. The molecule has 0 bridgehead atoms. The molecule has 0 radical (unpaired) electrons. The SMILES string of the molecule is OC[C@H]1O[C@@H](Oc2c(O)cc(O)cc2[C@H](c2ccc(O)cc2)[C@@H](O)c2c(O)c3c4c5c2O[C@H](c2ccc(O)cc2)C5c2cc(O)cc(O)c2C(c2ccc(O)cc2)[C@H]4[C@@H](c2cc(O)cc4oc(-c5ccc(O)cc5)c(-c5cc(O)cc(O)c5)c24)[C@@H]3c2ccc(O)cc2)[C@H](O)[C@@H](O)[C@@H]1O. The molecule has 3 heterocycles. The zero-order chi connectivity index (χ0) is 68.6. The van der Waals surface area contributed by atoms with Crippen molar-refractivity contribution < 1.29 is 111 Å². The first-order chi connectivity index (χ1) is 47.0. The van der Waals surface area contributed by atoms with E-state index in [1.807, 2.05) is 0 Å². The molecule has 98 heavy (non-hydrogen) atoms. The molecule has 15 rings (SSSR count). The first-order valence-electron chi connectivity index (χ1n) is 31.2. The normalized spacial score (nSPS) is 22.8. The van der Waals surface area contributed by atoms with Crippen LogP contribution in [0.25, 0.3) is 33.4 Å². The Balaban J connectivity index is 1.10. The Morgan fingerprint density at radius 1 is 0.439 bits per heavy atom. The molecule has 13 atom stereocenters. The van der Waals surface area contributed by atoms with Gasteiger partial charge in [0.1, 0.15) is 117 Å². The predicted octanol–water partition coefficient (Wildman–Crippen LogP) is 10.4. The number of phenols is 13. The smallest absolute Gasteiger partial charge is 0.229 e. The highest BCUT2D eigenvalue weighted by molar-refractivity contribution is 6.05. The quantitative estimate of drug-likeness (QED) is 0.0510. The summed E-state index contributed by atoms with van der Waals surface area (Å²) in [7, 11) is 0. The number of aliphatic hydroxyl groups is 5. The largest absolute Gasteiger partial charge is 0.508 e. The van der Waals surface area contributed by atoms with Gasteiger partial charge in [-0.15, -0.1) is 0 Å². The van der Waals surface area contributed by atoms with Crippen LogP contribution in [0.3, 0.4) is 0 Å². The second kappa shape index (κ2) is 23.7. The van der Waals surface area contributed by atoms with Gasteiger partial charge in [0, 0.05) is 92.6 Å². The van der Waals surface area contributed by atoms with E-state index in [1.165, 1.54) is 109 Å². The number of aliphatic hydroxyl groups excluding tert-OH is 5. The van der Waals surface area contributed by atoms with Crippen LogP contribution < -0.4 is 9.47 Å². The highest BCUT2D eigenvalue weighted by Gasteiger charge is 2.59. The van der Waals surface area contributed by atoms with E-state index in [9.17, 15) is 91.9 Å². The summed E-state index contributed by atoms with van der Waals surface area (Å²) in [6, 6.07) is 41.0. The van der Waals surface area contributed by atoms with Gasteiger partial charge in [0.2, 0.25) is 6.29 Å². The molecule has 498 valence electrons. The molecule has 0 spiro atoms. The Morgan fingerprint density at radius 3 is 1.56 bits per heavy atom. The van der Waals surface area contributed by atoms with E-state index in [4.69, 9.17) is 18.6 Å². The van der Waals surface area contributed by atoms with E-state index in [0.29, 0.717) is 27.8 Å². The van der Waals surface area contributed by atoms with Crippen LogP contribution in [0.5, 0.6) is 86.2 Å². The third kappa shape index (κ3) is 10.2. The number of hydrogen-bond acceptors (Lipinski definition) is 22. The van der Waals surface area contributed by atoms with Crippen molar-refractivity contribution in [2.75, 3.05) is 6.61 Å². The van der Waals surface area contributed by atoms with Gasteiger partial charge in [-0.3, -0.25) is 0 Å². The topological polar surface area (TPSA) is 405 Å². The third-order valence-electron chi connectivity index (χ3n) is 19.6. The van der Waals surface area contributed by atoms with Crippen LogP contribution in [-0.2, 0) is 4.74 Å². The molecule has 2 unspecified atom stereocenters. The van der Waals surface area contributed by atoms with Crippen molar-refractivity contribution in [2.24, 2.45) is 0 Å². The lowest BCUT2D eigenvalue weighted by Gasteiger charge is -2.40. The predicted molar refractivity (Wildman–Crippen MR) is 349 cm³/mol. The fourth-order valence-electron chi connectivity index (χ4n) is 15.6. The van der Waals surface area contributed by atoms with Crippen molar-refractivity contribution in [3.63, 3.8) is 0 Å². The Hall–Kier alpha value is -11.5. The van der Waals surface area contributed by atoms with Crippen LogP contribution in [0.2, 0.25) is 0 Å². The fraction of sp³-hybridized carbons (Fsp3) is 0.184. The second-order valence-electron chi connectivity index (χ2n) is 25.3. The van der Waals surface area contributed by atoms with Crippen LogP contribution in [0.15, 0.2) is 180 Å². The van der Waals surface area contributed by atoms with Crippen molar-refractivity contribution in [1.82, 2.24) is 0 Å². The maximum atomic E-state index is 14.4. The van der Waals surface area contributed by atoms with E-state index in [2.05, 4.69) is 0 Å². The van der Waals surface area contributed by atoms with Crippen LogP contribution in [0.4, 0.5) is 0 Å². The van der Waals surface area contributed by atoms with E-state index < -0.39 is 120 Å². The van der Waals surface area contributed by atoms with Gasteiger partial charge in [-0.25, -0.2) is 0 Å². The standard InChI is InChI=1S/C76H62O22/c77-30-53-67(90)70(93)71(94)76(96-53)98-74-49(26-45(86)28-51(74)89)54(31-1-11-37(78)12-2-31)68(91)66-69(92)64-56(33-5-15-39(80)16-6-33)60(48-25-46(87)29-52-59(48)57(36-21-42(83)23-43(84)22-36)72(95-52)34-7-17-40(81)18-8-34)62-55(32-3-13-38(79)14-4-32)58-47(24-44(85)27-50(58)88)61-65(63(62)64)75(66)97-73(61)35-9-19-41(82)20-10-35/h1-29,53-56,60-62,67-68,70-71,73,76-94H,30H2/t53-,54+,55?,56+,60+,61?,62+,67-,68-,70+,71-,73-,76+/m1/s1. The lowest BCUT2D eigenvalue weighted by molar-refractivity contribution is -0.277. The third-order valence-corrected chi connectivity index (χ3v) is 19.6. The average Bonchev–Trinajstić information content (AvgIpc) is 1.51. The van der Waals surface area contributed by atoms with Crippen molar-refractivity contribution in [3.05, 3.63) is 243 Å². The van der Waals surface area contributed by atoms with Crippen LogP contribution >= 0.6 is 0 Å². The summed E-state index contributed by atoms with van der Waals surface area (Å²) >= 11 is 0. The summed E-state index contributed by atoms with van der Waals surface area (Å²) < 4.78 is 26.2. The zero-order valence-electron chi connectivity index (χ0n) is 51.1. The molecule has 0 saturated carbocycles. The maximum absolute atomic E-state index is 14.4. The highest BCUT2D eigenvalue weighted by Crippen LogP contribution is 2.73. The number of fused-ring (bicyclic) bond motifs is 3. The number of furan rings is 1. The Labute approximate surface area is 555 Å². The van der Waals surface area contributed by atoms with E-state index in [0.717, 1.165) is 18.2 Å². The number of benzene rings is 10. The molecule has 4 aliphatic rings. The Kier molecular flexibility index (Phi) is 15.1. The lowest BCUT2D eigenvalue weighted by Crippen LogP contribution is -2.60. The molecule has 1 saturated heterocycles. The molecule has 18 N–H and O–H groups in total. The van der Waals surface area contributed by atoms with Crippen molar-refractivity contribution in [3.8, 4) is 109 Å². The van der Waals surface area contributed by atoms with Crippen molar-refractivity contribution in [1.29, 1.82) is 0 Å². The summed E-state index contributed by atoms with van der Waals surface area (Å²) in [5, 5.41) is 211. The molecular weight excluding hydrogens is 1260 g/mol. The number of rotatable bonds is 13. The molecule has 10 aromatic carbocycles. The van der Waals surface area contributed by atoms with Gasteiger partial charge in [0.15, 0.2) is 11.5 Å². The molecule has 2 aliphatic carbocycles. The lowest BCUT2D eigenvalue weighted by atomic mass is 9.68. The molecule has 22 heteroatoms. The van der Waals surface area contributed by atoms with E-state index in [-0.39, 0.29) is 124 Å². The first kappa shape index (κ1) is 62.6. The molecular formula is C76H62O22. The molecule has 0 amide bonds.